The van der Waals surface area contributed by atoms with Crippen LogP contribution in [0.2, 0.25) is 5.02 Å². The van der Waals surface area contributed by atoms with E-state index in [9.17, 15) is 9.59 Å². The molecule has 1 aromatic heterocycles. The van der Waals surface area contributed by atoms with E-state index < -0.39 is 5.97 Å². The van der Waals surface area contributed by atoms with E-state index in [1.165, 1.54) is 29.5 Å². The maximum atomic E-state index is 12.2. The number of carbonyl (C=O) groups is 2. The predicted molar refractivity (Wildman–Crippen MR) is 73.9 cm³/mol. The molecule has 0 saturated heterocycles. The van der Waals surface area contributed by atoms with E-state index in [-0.39, 0.29) is 16.4 Å². The first kappa shape index (κ1) is 13.3. The summed E-state index contributed by atoms with van der Waals surface area (Å²) in [6, 6.07) is 5.99. The molecule has 3 nitrogen and oxygen atoms in total. The van der Waals surface area contributed by atoms with Crippen LogP contribution < -0.4 is 0 Å². The maximum Gasteiger partial charge on any atom is 0.337 e. The predicted octanol–water partition coefficient (Wildman–Crippen LogP) is 4.09. The Kier molecular flexibility index (Phi) is 3.85. The highest BCUT2D eigenvalue weighted by Crippen LogP contribution is 2.27. The molecule has 0 radical (unpaired) electrons. The fourth-order valence-corrected chi connectivity index (χ4v) is 3.13. The molecule has 0 spiro atoms. The molecule has 0 atom stereocenters. The van der Waals surface area contributed by atoms with E-state index in [0.717, 1.165) is 0 Å². The number of benzene rings is 1. The molecular weight excluding hydrogens is 340 g/mol. The minimum absolute atomic E-state index is 0.0739. The Bertz CT molecular complexity index is 636. The van der Waals surface area contributed by atoms with Gasteiger partial charge in [0.15, 0.2) is 0 Å². The molecule has 0 amide bonds. The molecule has 18 heavy (non-hydrogen) atoms. The number of hydrogen-bond donors (Lipinski definition) is 1. The van der Waals surface area contributed by atoms with E-state index >= 15 is 0 Å². The van der Waals surface area contributed by atoms with Crippen molar-refractivity contribution in [1.82, 2.24) is 0 Å². The molecule has 0 saturated carbocycles. The lowest BCUT2D eigenvalue weighted by atomic mass is 10.1. The topological polar surface area (TPSA) is 54.4 Å². The van der Waals surface area contributed by atoms with Gasteiger partial charge in [-0.2, -0.15) is 0 Å². The Morgan fingerprint density at radius 1 is 1.28 bits per heavy atom. The van der Waals surface area contributed by atoms with Crippen molar-refractivity contribution in [3.63, 3.8) is 0 Å². The zero-order chi connectivity index (χ0) is 13.3. The largest absolute Gasteiger partial charge is 0.478 e. The maximum absolute atomic E-state index is 12.2. The molecule has 0 unspecified atom stereocenters. The minimum atomic E-state index is -1.15. The van der Waals surface area contributed by atoms with Crippen LogP contribution in [0.4, 0.5) is 0 Å². The third-order valence-electron chi connectivity index (χ3n) is 2.28. The lowest BCUT2D eigenvalue weighted by Crippen LogP contribution is -2.04. The number of carbonyl (C=O) groups excluding carboxylic acids is 1. The molecule has 1 heterocycles. The summed E-state index contributed by atoms with van der Waals surface area (Å²) < 4.78 is 0.698. The number of halogens is 2. The molecule has 6 heteroatoms. The van der Waals surface area contributed by atoms with Gasteiger partial charge in [0.1, 0.15) is 0 Å². The highest BCUT2D eigenvalue weighted by Gasteiger charge is 2.17. The van der Waals surface area contributed by atoms with Crippen LogP contribution in [0.3, 0.4) is 0 Å². The molecule has 0 aliphatic rings. The number of rotatable bonds is 3. The third-order valence-corrected chi connectivity index (χ3v) is 4.45. The average Bonchev–Trinajstić information content (AvgIpc) is 2.75. The Hall–Kier alpha value is -1.17. The van der Waals surface area contributed by atoms with Crippen LogP contribution in [0.15, 0.2) is 34.1 Å². The van der Waals surface area contributed by atoms with E-state index in [1.807, 2.05) is 0 Å². The number of ketones is 1. The van der Waals surface area contributed by atoms with Crippen LogP contribution in [-0.4, -0.2) is 16.9 Å². The molecule has 0 aliphatic heterocycles. The van der Waals surface area contributed by atoms with Gasteiger partial charge in [-0.15, -0.1) is 11.3 Å². The van der Waals surface area contributed by atoms with Gasteiger partial charge in [0.05, 0.1) is 15.5 Å². The molecule has 0 bridgehead atoms. The minimum Gasteiger partial charge on any atom is -0.478 e. The Labute approximate surface area is 120 Å². The summed E-state index contributed by atoms with van der Waals surface area (Å²) in [7, 11) is 0. The molecule has 2 rings (SSSR count). The first-order valence-electron chi connectivity index (χ1n) is 4.81. The second kappa shape index (κ2) is 5.22. The lowest BCUT2D eigenvalue weighted by Gasteiger charge is -2.03. The van der Waals surface area contributed by atoms with Crippen molar-refractivity contribution in [3.05, 3.63) is 55.1 Å². The van der Waals surface area contributed by atoms with Gasteiger partial charge in [-0.1, -0.05) is 11.6 Å². The second-order valence-corrected chi connectivity index (χ2v) is 5.60. The van der Waals surface area contributed by atoms with Gasteiger partial charge in [0.2, 0.25) is 5.78 Å². The normalized spacial score (nSPS) is 10.3. The van der Waals surface area contributed by atoms with E-state index in [0.29, 0.717) is 14.9 Å². The fraction of sp³-hybridized carbons (Fsp3) is 0. The summed E-state index contributed by atoms with van der Waals surface area (Å²) in [4.78, 5) is 23.6. The van der Waals surface area contributed by atoms with Crippen LogP contribution in [0.25, 0.3) is 0 Å². The monoisotopic (exact) mass is 344 g/mol. The highest BCUT2D eigenvalue weighted by atomic mass is 79.9. The van der Waals surface area contributed by atoms with Gasteiger partial charge in [-0.25, -0.2) is 4.79 Å². The Morgan fingerprint density at radius 3 is 2.56 bits per heavy atom. The summed E-state index contributed by atoms with van der Waals surface area (Å²) in [5, 5.41) is 10.9. The van der Waals surface area contributed by atoms with Crippen molar-refractivity contribution in [2.45, 2.75) is 0 Å². The quantitative estimate of drug-likeness (QED) is 0.852. The molecule has 2 aromatic rings. The first-order chi connectivity index (χ1) is 8.50. The number of hydrogen-bond acceptors (Lipinski definition) is 3. The van der Waals surface area contributed by atoms with Crippen LogP contribution in [0.5, 0.6) is 0 Å². The highest BCUT2D eigenvalue weighted by molar-refractivity contribution is 9.10. The van der Waals surface area contributed by atoms with Crippen molar-refractivity contribution in [2.75, 3.05) is 0 Å². The van der Waals surface area contributed by atoms with Gasteiger partial charge in [-0.3, -0.25) is 4.79 Å². The number of carboxylic acids is 1. The average molecular weight is 346 g/mol. The zero-order valence-corrected chi connectivity index (χ0v) is 12.0. The molecule has 0 aliphatic carbocycles. The molecule has 0 fully saturated rings. The summed E-state index contributed by atoms with van der Waals surface area (Å²) in [5.74, 6) is -1.38. The third kappa shape index (κ3) is 2.48. The van der Waals surface area contributed by atoms with Crippen LogP contribution in [0, 0.1) is 0 Å². The Morgan fingerprint density at radius 2 is 2.00 bits per heavy atom. The van der Waals surface area contributed by atoms with E-state index in [1.54, 1.807) is 11.4 Å². The SMILES string of the molecule is O=C(O)c1cc(C(=O)c2sccc2Br)ccc1Cl. The van der Waals surface area contributed by atoms with Crippen molar-refractivity contribution in [3.8, 4) is 0 Å². The first-order valence-corrected chi connectivity index (χ1v) is 6.86. The summed E-state index contributed by atoms with van der Waals surface area (Å²) in [6.45, 7) is 0. The molecule has 92 valence electrons. The Balaban J connectivity index is 2.47. The summed E-state index contributed by atoms with van der Waals surface area (Å²) in [5.41, 5.74) is 0.232. The molecular formula is C12H6BrClO3S. The number of aromatic carboxylic acids is 1. The standard InChI is InChI=1S/C12H6BrClO3S/c13-8-3-4-18-11(8)10(15)6-1-2-9(14)7(5-6)12(16)17/h1-5H,(H,16,17). The number of thiophene rings is 1. The van der Waals surface area contributed by atoms with Gasteiger partial charge < -0.3 is 5.11 Å². The molecule has 1 aromatic carbocycles. The van der Waals surface area contributed by atoms with E-state index in [2.05, 4.69) is 15.9 Å². The summed E-state index contributed by atoms with van der Waals surface area (Å²) >= 11 is 10.3. The van der Waals surface area contributed by atoms with Crippen LogP contribution in [-0.2, 0) is 0 Å². The summed E-state index contributed by atoms with van der Waals surface area (Å²) in [6.07, 6.45) is 0. The van der Waals surface area contributed by atoms with Gasteiger partial charge >= 0.3 is 5.97 Å². The smallest absolute Gasteiger partial charge is 0.337 e. The van der Waals surface area contributed by atoms with Crippen molar-refractivity contribution in [1.29, 1.82) is 0 Å². The van der Waals surface area contributed by atoms with Crippen molar-refractivity contribution >= 4 is 50.6 Å². The van der Waals surface area contributed by atoms with Gasteiger partial charge in [-0.05, 0) is 45.6 Å². The van der Waals surface area contributed by atoms with E-state index in [4.69, 9.17) is 16.7 Å². The van der Waals surface area contributed by atoms with Crippen molar-refractivity contribution in [2.24, 2.45) is 0 Å². The second-order valence-electron chi connectivity index (χ2n) is 3.43. The van der Waals surface area contributed by atoms with Gasteiger partial charge in [0, 0.05) is 10.0 Å². The van der Waals surface area contributed by atoms with Crippen LogP contribution in [0.1, 0.15) is 25.6 Å². The number of carboxylic acid groups (broad SMARTS) is 1. The lowest BCUT2D eigenvalue weighted by molar-refractivity contribution is 0.0697. The van der Waals surface area contributed by atoms with Crippen LogP contribution >= 0.6 is 38.9 Å². The zero-order valence-electron chi connectivity index (χ0n) is 8.81. The van der Waals surface area contributed by atoms with Crippen molar-refractivity contribution < 1.29 is 14.7 Å². The molecule has 1 N–H and O–H groups in total. The fourth-order valence-electron chi connectivity index (χ4n) is 1.42. The van der Waals surface area contributed by atoms with Gasteiger partial charge in [0.25, 0.3) is 0 Å².